The summed E-state index contributed by atoms with van der Waals surface area (Å²) in [5.74, 6) is -0.493. The zero-order valence-electron chi connectivity index (χ0n) is 10.7. The van der Waals surface area contributed by atoms with Crippen LogP contribution in [0.2, 0.25) is 0 Å². The molecule has 17 heavy (non-hydrogen) atoms. The summed E-state index contributed by atoms with van der Waals surface area (Å²) in [4.78, 5) is 11.9. The summed E-state index contributed by atoms with van der Waals surface area (Å²) in [7, 11) is 0. The van der Waals surface area contributed by atoms with Gasteiger partial charge in [0, 0.05) is 13.2 Å². The lowest BCUT2D eigenvalue weighted by Gasteiger charge is -2.18. The van der Waals surface area contributed by atoms with E-state index in [1.54, 1.807) is 0 Å². The van der Waals surface area contributed by atoms with E-state index < -0.39 is 5.79 Å². The number of carbonyl (C=O) groups excluding carboxylic acids is 1. The number of carbonyl (C=O) groups is 1. The maximum absolute atomic E-state index is 11.9. The number of nitrogens with one attached hydrogen (secondary N) is 1. The van der Waals surface area contributed by atoms with Crippen LogP contribution < -0.4 is 5.32 Å². The highest BCUT2D eigenvalue weighted by Crippen LogP contribution is 2.23. The maximum atomic E-state index is 11.9. The standard InChI is InChI=1S/C12H21NO4/c1-8-10(4-5-15-8)11(14)13-6-9-7-16-12(2,3)17-9/h8-10H,4-7H2,1-3H3,(H,13,14). The van der Waals surface area contributed by atoms with Gasteiger partial charge in [0.25, 0.3) is 0 Å². The van der Waals surface area contributed by atoms with Gasteiger partial charge in [0.05, 0.1) is 18.6 Å². The minimum absolute atomic E-state index is 0.0205. The Morgan fingerprint density at radius 1 is 1.47 bits per heavy atom. The maximum Gasteiger partial charge on any atom is 0.225 e. The number of ether oxygens (including phenoxy) is 3. The minimum Gasteiger partial charge on any atom is -0.378 e. The normalized spacial score (nSPS) is 36.1. The molecule has 2 aliphatic rings. The first-order chi connectivity index (χ1) is 7.98. The quantitative estimate of drug-likeness (QED) is 0.792. The molecule has 2 saturated heterocycles. The highest BCUT2D eigenvalue weighted by molar-refractivity contribution is 5.79. The second kappa shape index (κ2) is 4.92. The molecule has 0 aromatic rings. The van der Waals surface area contributed by atoms with Gasteiger partial charge in [-0.25, -0.2) is 0 Å². The lowest BCUT2D eigenvalue weighted by atomic mass is 10.0. The molecular formula is C12H21NO4. The average Bonchev–Trinajstić information content (AvgIpc) is 2.81. The lowest BCUT2D eigenvalue weighted by Crippen LogP contribution is -2.39. The van der Waals surface area contributed by atoms with Crippen molar-refractivity contribution in [2.75, 3.05) is 19.8 Å². The van der Waals surface area contributed by atoms with Crippen LogP contribution in [0.4, 0.5) is 0 Å². The molecule has 98 valence electrons. The fourth-order valence-electron chi connectivity index (χ4n) is 2.29. The van der Waals surface area contributed by atoms with Gasteiger partial charge in [0.15, 0.2) is 5.79 Å². The van der Waals surface area contributed by atoms with E-state index in [1.165, 1.54) is 0 Å². The first-order valence-corrected chi connectivity index (χ1v) is 6.19. The van der Waals surface area contributed by atoms with Gasteiger partial charge in [-0.05, 0) is 27.2 Å². The van der Waals surface area contributed by atoms with Crippen molar-refractivity contribution in [2.45, 2.75) is 45.2 Å². The molecule has 5 heteroatoms. The Bertz CT molecular complexity index is 292. The van der Waals surface area contributed by atoms with Gasteiger partial charge in [-0.15, -0.1) is 0 Å². The minimum atomic E-state index is -0.529. The topological polar surface area (TPSA) is 56.8 Å². The molecule has 2 fully saturated rings. The fourth-order valence-corrected chi connectivity index (χ4v) is 2.29. The average molecular weight is 243 g/mol. The molecule has 3 atom stereocenters. The predicted molar refractivity (Wildman–Crippen MR) is 61.4 cm³/mol. The summed E-state index contributed by atoms with van der Waals surface area (Å²) in [5, 5.41) is 2.91. The molecule has 2 heterocycles. The van der Waals surface area contributed by atoms with Crippen molar-refractivity contribution >= 4 is 5.91 Å². The van der Waals surface area contributed by atoms with Gasteiger partial charge in [0.1, 0.15) is 6.10 Å². The number of hydrogen-bond donors (Lipinski definition) is 1. The second-order valence-electron chi connectivity index (χ2n) is 5.17. The highest BCUT2D eigenvalue weighted by Gasteiger charge is 2.34. The van der Waals surface area contributed by atoms with Crippen LogP contribution in [0.3, 0.4) is 0 Å². The van der Waals surface area contributed by atoms with Gasteiger partial charge in [-0.2, -0.15) is 0 Å². The molecule has 0 aliphatic carbocycles. The van der Waals surface area contributed by atoms with Crippen molar-refractivity contribution in [3.8, 4) is 0 Å². The van der Waals surface area contributed by atoms with Crippen LogP contribution in [0.15, 0.2) is 0 Å². The molecule has 0 spiro atoms. The van der Waals surface area contributed by atoms with E-state index in [9.17, 15) is 4.79 Å². The fraction of sp³-hybridized carbons (Fsp3) is 0.917. The smallest absolute Gasteiger partial charge is 0.225 e. The third-order valence-corrected chi connectivity index (χ3v) is 3.28. The third-order valence-electron chi connectivity index (χ3n) is 3.28. The summed E-state index contributed by atoms with van der Waals surface area (Å²) in [6, 6.07) is 0. The highest BCUT2D eigenvalue weighted by atomic mass is 16.7. The van der Waals surface area contributed by atoms with Crippen LogP contribution in [0, 0.1) is 5.92 Å². The van der Waals surface area contributed by atoms with E-state index >= 15 is 0 Å². The van der Waals surface area contributed by atoms with Crippen LogP contribution in [0.1, 0.15) is 27.2 Å². The molecule has 5 nitrogen and oxygen atoms in total. The predicted octanol–water partition coefficient (Wildman–Crippen LogP) is 0.679. The van der Waals surface area contributed by atoms with E-state index in [0.29, 0.717) is 19.8 Å². The lowest BCUT2D eigenvalue weighted by molar-refractivity contribution is -0.140. The van der Waals surface area contributed by atoms with Crippen LogP contribution in [0.25, 0.3) is 0 Å². The van der Waals surface area contributed by atoms with E-state index in [4.69, 9.17) is 14.2 Å². The molecule has 1 amide bonds. The van der Waals surface area contributed by atoms with Crippen molar-refractivity contribution < 1.29 is 19.0 Å². The van der Waals surface area contributed by atoms with Crippen LogP contribution in [-0.2, 0) is 19.0 Å². The molecule has 1 N–H and O–H groups in total. The van der Waals surface area contributed by atoms with Crippen molar-refractivity contribution in [1.29, 1.82) is 0 Å². The van der Waals surface area contributed by atoms with Crippen LogP contribution in [0.5, 0.6) is 0 Å². The van der Waals surface area contributed by atoms with Crippen molar-refractivity contribution in [3.05, 3.63) is 0 Å². The van der Waals surface area contributed by atoms with Crippen molar-refractivity contribution in [3.63, 3.8) is 0 Å². The number of hydrogen-bond acceptors (Lipinski definition) is 4. The zero-order valence-corrected chi connectivity index (χ0v) is 10.7. The van der Waals surface area contributed by atoms with E-state index in [-0.39, 0.29) is 24.0 Å². The first kappa shape index (κ1) is 12.8. The van der Waals surface area contributed by atoms with E-state index in [1.807, 2.05) is 20.8 Å². The summed E-state index contributed by atoms with van der Waals surface area (Å²) in [6.07, 6.45) is 0.777. The van der Waals surface area contributed by atoms with Crippen molar-refractivity contribution in [2.24, 2.45) is 5.92 Å². The Hall–Kier alpha value is -0.650. The number of rotatable bonds is 3. The summed E-state index contributed by atoms with van der Waals surface area (Å²) in [5.41, 5.74) is 0. The molecule has 0 aromatic carbocycles. The monoisotopic (exact) mass is 243 g/mol. The van der Waals surface area contributed by atoms with E-state index in [2.05, 4.69) is 5.32 Å². The summed E-state index contributed by atoms with van der Waals surface area (Å²) >= 11 is 0. The third kappa shape index (κ3) is 3.18. The number of amides is 1. The Morgan fingerprint density at radius 2 is 2.24 bits per heavy atom. The van der Waals surface area contributed by atoms with Gasteiger partial charge in [-0.1, -0.05) is 0 Å². The largest absolute Gasteiger partial charge is 0.378 e. The molecule has 0 saturated carbocycles. The van der Waals surface area contributed by atoms with Gasteiger partial charge in [0.2, 0.25) is 5.91 Å². The first-order valence-electron chi connectivity index (χ1n) is 6.19. The summed E-state index contributed by atoms with van der Waals surface area (Å²) < 4.78 is 16.4. The Kier molecular flexibility index (Phi) is 3.70. The molecule has 0 radical (unpaired) electrons. The van der Waals surface area contributed by atoms with Gasteiger partial charge < -0.3 is 19.5 Å². The molecule has 2 aliphatic heterocycles. The summed E-state index contributed by atoms with van der Waals surface area (Å²) in [6.45, 7) is 7.41. The van der Waals surface area contributed by atoms with Crippen LogP contribution in [-0.4, -0.2) is 43.7 Å². The van der Waals surface area contributed by atoms with Gasteiger partial charge >= 0.3 is 0 Å². The Labute approximate surface area is 102 Å². The molecule has 0 aromatic heterocycles. The van der Waals surface area contributed by atoms with Gasteiger partial charge in [-0.3, -0.25) is 4.79 Å². The van der Waals surface area contributed by atoms with Crippen molar-refractivity contribution in [1.82, 2.24) is 5.32 Å². The Balaban J connectivity index is 1.73. The van der Waals surface area contributed by atoms with Crippen LogP contribution >= 0.6 is 0 Å². The Morgan fingerprint density at radius 3 is 2.76 bits per heavy atom. The molecule has 2 rings (SSSR count). The molecular weight excluding hydrogens is 222 g/mol. The molecule has 3 unspecified atom stereocenters. The SMILES string of the molecule is CC1OCCC1C(=O)NCC1COC(C)(C)O1. The molecule has 0 bridgehead atoms. The van der Waals surface area contributed by atoms with E-state index in [0.717, 1.165) is 6.42 Å². The zero-order chi connectivity index (χ0) is 12.5. The second-order valence-corrected chi connectivity index (χ2v) is 5.17.